The third kappa shape index (κ3) is 11.7. The Morgan fingerprint density at radius 1 is 1.08 bits per heavy atom. The van der Waals surface area contributed by atoms with Crippen molar-refractivity contribution in [2.24, 2.45) is 0 Å². The van der Waals surface area contributed by atoms with Gasteiger partial charge in [-0.1, -0.05) is 20.8 Å². The predicted molar refractivity (Wildman–Crippen MR) is 58.4 cm³/mol. The molecule has 1 amide bonds. The Kier molecular flexibility index (Phi) is 11.5. The van der Waals surface area contributed by atoms with Gasteiger partial charge in [-0.3, -0.25) is 4.79 Å². The van der Waals surface area contributed by atoms with Gasteiger partial charge in [0.05, 0.1) is 0 Å². The molecule has 3 nitrogen and oxygen atoms in total. The van der Waals surface area contributed by atoms with Gasteiger partial charge in [-0.15, -0.1) is 0 Å². The summed E-state index contributed by atoms with van der Waals surface area (Å²) in [4.78, 5) is 13.5. The van der Waals surface area contributed by atoms with Crippen molar-refractivity contribution in [3.63, 3.8) is 0 Å². The normalized spacial score (nSPS) is 9.15. The molecule has 0 aromatic heterocycles. The van der Waals surface area contributed by atoms with Crippen LogP contribution in [0.5, 0.6) is 0 Å². The summed E-state index contributed by atoms with van der Waals surface area (Å²) in [5.41, 5.74) is 0. The van der Waals surface area contributed by atoms with Crippen molar-refractivity contribution < 1.29 is 4.79 Å². The summed E-state index contributed by atoms with van der Waals surface area (Å²) in [6.07, 6.45) is 0. The first kappa shape index (κ1) is 15.2. The molecule has 0 bridgehead atoms. The molecule has 0 aromatic carbocycles. The molecule has 0 unspecified atom stereocenters. The van der Waals surface area contributed by atoms with Gasteiger partial charge in [0.2, 0.25) is 0 Å². The zero-order valence-corrected chi connectivity index (χ0v) is 10.1. The van der Waals surface area contributed by atoms with E-state index >= 15 is 0 Å². The third-order valence-electron chi connectivity index (χ3n) is 1.69. The maximum Gasteiger partial charge on any atom is 0.315 e. The molecule has 0 aliphatic carbocycles. The van der Waals surface area contributed by atoms with E-state index in [9.17, 15) is 4.79 Å². The molecule has 0 spiro atoms. The molecule has 0 aliphatic rings. The van der Waals surface area contributed by atoms with Crippen LogP contribution in [0.25, 0.3) is 0 Å². The van der Waals surface area contributed by atoms with Crippen LogP contribution in [0.4, 0.5) is 4.79 Å². The van der Waals surface area contributed by atoms with Gasteiger partial charge in [0.1, 0.15) is 0 Å². The second-order valence-electron chi connectivity index (χ2n) is 2.77. The molecule has 0 aromatic rings. The van der Waals surface area contributed by atoms with Crippen molar-refractivity contribution in [2.75, 3.05) is 33.7 Å². The molecule has 0 saturated heterocycles. The second-order valence-corrected chi connectivity index (χ2v) is 3.09. The van der Waals surface area contributed by atoms with Crippen molar-refractivity contribution in [1.82, 2.24) is 9.80 Å². The van der Waals surface area contributed by atoms with Gasteiger partial charge in [0.25, 0.3) is 0 Å². The molecular formula is C9H21ClN2O. The smallest absolute Gasteiger partial charge is 0.315 e. The van der Waals surface area contributed by atoms with Crippen molar-refractivity contribution in [3.8, 4) is 0 Å². The van der Waals surface area contributed by atoms with Crippen LogP contribution in [-0.2, 0) is 0 Å². The lowest BCUT2D eigenvalue weighted by Crippen LogP contribution is -2.21. The minimum Gasteiger partial charge on any atom is -0.335 e. The van der Waals surface area contributed by atoms with E-state index < -0.39 is 5.37 Å². The molecule has 80 valence electrons. The Labute approximate surface area is 86.6 Å². The van der Waals surface area contributed by atoms with Crippen molar-refractivity contribution in [3.05, 3.63) is 0 Å². The lowest BCUT2D eigenvalue weighted by molar-refractivity contribution is 0.240. The Morgan fingerprint density at radius 2 is 1.31 bits per heavy atom. The van der Waals surface area contributed by atoms with E-state index in [2.05, 4.69) is 25.7 Å². The summed E-state index contributed by atoms with van der Waals surface area (Å²) in [5, 5.41) is -0.435. The van der Waals surface area contributed by atoms with Crippen LogP contribution in [0.2, 0.25) is 0 Å². The quantitative estimate of drug-likeness (QED) is 0.525. The van der Waals surface area contributed by atoms with Crippen LogP contribution in [0, 0.1) is 0 Å². The number of hydrogen-bond donors (Lipinski definition) is 0. The van der Waals surface area contributed by atoms with Crippen LogP contribution < -0.4 is 0 Å². The lowest BCUT2D eigenvalue weighted by atomic mass is 10.5. The molecule has 0 fully saturated rings. The van der Waals surface area contributed by atoms with Crippen LogP contribution in [0.3, 0.4) is 0 Å². The number of amides is 1. The van der Waals surface area contributed by atoms with E-state index in [0.29, 0.717) is 0 Å². The zero-order valence-electron chi connectivity index (χ0n) is 9.30. The Bertz CT molecular complexity index is 119. The van der Waals surface area contributed by atoms with E-state index in [-0.39, 0.29) is 0 Å². The highest BCUT2D eigenvalue weighted by Gasteiger charge is 1.91. The van der Waals surface area contributed by atoms with E-state index in [4.69, 9.17) is 11.6 Å². The van der Waals surface area contributed by atoms with Crippen molar-refractivity contribution >= 4 is 17.0 Å². The van der Waals surface area contributed by atoms with Crippen molar-refractivity contribution in [1.29, 1.82) is 0 Å². The number of rotatable bonds is 3. The molecule has 0 atom stereocenters. The van der Waals surface area contributed by atoms with Crippen LogP contribution in [-0.4, -0.2) is 48.9 Å². The fourth-order valence-corrected chi connectivity index (χ4v) is 0.671. The standard InChI is InChI=1S/C6H15N.C3H6ClNO/c1-4-7(5-2)6-3;1-5(2)3(4)6/h4-6H2,1-3H3;1-2H3. The maximum atomic E-state index is 9.83. The number of hydrogen-bond acceptors (Lipinski definition) is 2. The fraction of sp³-hybridized carbons (Fsp3) is 0.889. The number of nitrogens with zero attached hydrogens (tertiary/aromatic N) is 2. The molecule has 0 saturated carbocycles. The third-order valence-corrected chi connectivity index (χ3v) is 2.03. The fourth-order valence-electron chi connectivity index (χ4n) is 0.671. The summed E-state index contributed by atoms with van der Waals surface area (Å²) in [5.74, 6) is 0. The van der Waals surface area contributed by atoms with Gasteiger partial charge >= 0.3 is 5.37 Å². The van der Waals surface area contributed by atoms with E-state index in [1.54, 1.807) is 14.1 Å². The summed E-state index contributed by atoms with van der Waals surface area (Å²) in [6, 6.07) is 0. The van der Waals surface area contributed by atoms with Crippen LogP contribution in [0.1, 0.15) is 20.8 Å². The first-order chi connectivity index (χ1) is 5.99. The lowest BCUT2D eigenvalue weighted by Gasteiger charge is -2.13. The molecule has 0 aliphatic heterocycles. The average molecular weight is 209 g/mol. The topological polar surface area (TPSA) is 23.6 Å². The van der Waals surface area contributed by atoms with E-state index in [0.717, 1.165) is 0 Å². The van der Waals surface area contributed by atoms with Gasteiger partial charge in [0.15, 0.2) is 0 Å². The van der Waals surface area contributed by atoms with Gasteiger partial charge in [-0.25, -0.2) is 0 Å². The molecule has 0 N–H and O–H groups in total. The molecular weight excluding hydrogens is 188 g/mol. The summed E-state index contributed by atoms with van der Waals surface area (Å²) in [7, 11) is 3.19. The van der Waals surface area contributed by atoms with Gasteiger partial charge in [-0.2, -0.15) is 0 Å². The van der Waals surface area contributed by atoms with E-state index in [1.165, 1.54) is 24.5 Å². The highest BCUT2D eigenvalue weighted by Crippen LogP contribution is 1.83. The van der Waals surface area contributed by atoms with Crippen molar-refractivity contribution in [2.45, 2.75) is 20.8 Å². The average Bonchev–Trinajstić information content (AvgIpc) is 2.08. The van der Waals surface area contributed by atoms with Gasteiger partial charge in [-0.05, 0) is 31.2 Å². The minimum absolute atomic E-state index is 0.435. The summed E-state index contributed by atoms with van der Waals surface area (Å²) in [6.45, 7) is 10.1. The van der Waals surface area contributed by atoms with E-state index in [1.807, 2.05) is 0 Å². The maximum absolute atomic E-state index is 9.83. The molecule has 13 heavy (non-hydrogen) atoms. The monoisotopic (exact) mass is 208 g/mol. The summed E-state index contributed by atoms with van der Waals surface area (Å²) < 4.78 is 0. The SMILES string of the molecule is CCN(CC)CC.CN(C)C(=O)Cl. The Hall–Kier alpha value is -0.280. The Morgan fingerprint density at radius 3 is 1.31 bits per heavy atom. The van der Waals surface area contributed by atoms with Gasteiger partial charge in [0, 0.05) is 14.1 Å². The molecule has 0 heterocycles. The summed E-state index contributed by atoms with van der Waals surface area (Å²) >= 11 is 4.90. The first-order valence-corrected chi connectivity index (χ1v) is 4.96. The zero-order chi connectivity index (χ0) is 10.9. The largest absolute Gasteiger partial charge is 0.335 e. The predicted octanol–water partition coefficient (Wildman–Crippen LogP) is 2.25. The van der Waals surface area contributed by atoms with Gasteiger partial charge < -0.3 is 9.80 Å². The molecule has 0 rings (SSSR count). The molecule has 4 heteroatoms. The first-order valence-electron chi connectivity index (χ1n) is 4.58. The highest BCUT2D eigenvalue weighted by atomic mass is 35.5. The molecule has 0 radical (unpaired) electrons. The number of carbonyl (C=O) groups excluding carboxylic acids is 1. The number of carbonyl (C=O) groups is 1. The second kappa shape index (κ2) is 9.81. The highest BCUT2D eigenvalue weighted by molar-refractivity contribution is 6.62. The minimum atomic E-state index is -0.435. The number of halogens is 1. The van der Waals surface area contributed by atoms with Crippen LogP contribution >= 0.6 is 11.6 Å². The Balaban J connectivity index is 0. The van der Waals surface area contributed by atoms with Crippen LogP contribution in [0.15, 0.2) is 0 Å².